The number of hydrogen-bond donors (Lipinski definition) is 1. The molecule has 0 aromatic carbocycles. The number of carbonyl (C=O) groups excluding carboxylic acids is 1. The molecule has 80 valence electrons. The normalized spacial score (nSPS) is 25.7. The van der Waals surface area contributed by atoms with Crippen molar-refractivity contribution in [3.05, 3.63) is 16.1 Å². The zero-order valence-corrected chi connectivity index (χ0v) is 9.22. The third-order valence-electron chi connectivity index (χ3n) is 3.13. The number of hydrogen-bond acceptors (Lipinski definition) is 4. The Morgan fingerprint density at radius 1 is 1.60 bits per heavy atom. The lowest BCUT2D eigenvalue weighted by atomic mass is 10.1. The fraction of sp³-hybridized carbons (Fsp3) is 0.600. The molecule has 1 aromatic rings. The predicted octanol–water partition coefficient (Wildman–Crippen LogP) is 0.851. The van der Waals surface area contributed by atoms with Crippen molar-refractivity contribution in [3.63, 3.8) is 0 Å². The summed E-state index contributed by atoms with van der Waals surface area (Å²) in [5, 5.41) is 3.34. The molecule has 1 N–H and O–H groups in total. The van der Waals surface area contributed by atoms with Crippen molar-refractivity contribution in [1.82, 2.24) is 15.2 Å². The van der Waals surface area contributed by atoms with Crippen LogP contribution in [-0.4, -0.2) is 34.9 Å². The van der Waals surface area contributed by atoms with Crippen molar-refractivity contribution < 1.29 is 4.79 Å². The van der Waals surface area contributed by atoms with Gasteiger partial charge in [-0.3, -0.25) is 4.79 Å². The number of rotatable bonds is 1. The molecule has 5 heteroatoms. The highest BCUT2D eigenvalue weighted by atomic mass is 32.1. The quantitative estimate of drug-likeness (QED) is 0.767. The number of aromatic nitrogens is 1. The molecule has 4 nitrogen and oxygen atoms in total. The maximum absolute atomic E-state index is 12.0. The highest BCUT2D eigenvalue weighted by molar-refractivity contribution is 7.12. The standard InChI is InChI=1S/C10H13N3OS/c14-10-9-8(12-6-15-9)5-13(10)7-2-1-3-11-4-7/h6-7,11H,1-5H2. The van der Waals surface area contributed by atoms with Crippen LogP contribution in [0.1, 0.15) is 28.2 Å². The smallest absolute Gasteiger partial charge is 0.266 e. The van der Waals surface area contributed by atoms with E-state index in [-0.39, 0.29) is 5.91 Å². The second kappa shape index (κ2) is 3.57. The molecule has 1 unspecified atom stereocenters. The minimum Gasteiger partial charge on any atom is -0.328 e. The number of piperidine rings is 1. The van der Waals surface area contributed by atoms with Gasteiger partial charge >= 0.3 is 0 Å². The Balaban J connectivity index is 1.80. The van der Waals surface area contributed by atoms with Crippen LogP contribution in [0.4, 0.5) is 0 Å². The third kappa shape index (κ3) is 1.46. The van der Waals surface area contributed by atoms with E-state index >= 15 is 0 Å². The maximum atomic E-state index is 12.0. The highest BCUT2D eigenvalue weighted by Gasteiger charge is 2.35. The van der Waals surface area contributed by atoms with E-state index in [2.05, 4.69) is 10.3 Å². The Morgan fingerprint density at radius 2 is 2.53 bits per heavy atom. The van der Waals surface area contributed by atoms with Gasteiger partial charge in [0.25, 0.3) is 5.91 Å². The average molecular weight is 223 g/mol. The first-order chi connectivity index (χ1) is 7.36. The summed E-state index contributed by atoms with van der Waals surface area (Å²) in [6, 6.07) is 0.368. The van der Waals surface area contributed by atoms with E-state index in [9.17, 15) is 4.79 Å². The van der Waals surface area contributed by atoms with Crippen molar-refractivity contribution in [2.45, 2.75) is 25.4 Å². The Bertz CT molecular complexity index is 384. The van der Waals surface area contributed by atoms with E-state index in [0.29, 0.717) is 12.6 Å². The van der Waals surface area contributed by atoms with Crippen LogP contribution in [0, 0.1) is 0 Å². The summed E-state index contributed by atoms with van der Waals surface area (Å²) in [5.74, 6) is 0.182. The van der Waals surface area contributed by atoms with Gasteiger partial charge in [-0.15, -0.1) is 11.3 Å². The van der Waals surface area contributed by atoms with Gasteiger partial charge in [-0.05, 0) is 19.4 Å². The van der Waals surface area contributed by atoms with Gasteiger partial charge in [-0.1, -0.05) is 0 Å². The lowest BCUT2D eigenvalue weighted by Crippen LogP contribution is -2.46. The zero-order valence-electron chi connectivity index (χ0n) is 8.40. The molecule has 3 rings (SSSR count). The summed E-state index contributed by atoms with van der Waals surface area (Å²) in [7, 11) is 0. The second-order valence-corrected chi connectivity index (χ2v) is 4.92. The van der Waals surface area contributed by atoms with Gasteiger partial charge in [0.15, 0.2) is 0 Å². The lowest BCUT2D eigenvalue weighted by molar-refractivity contribution is 0.0676. The molecular weight excluding hydrogens is 210 g/mol. The molecule has 2 aliphatic heterocycles. The third-order valence-corrected chi connectivity index (χ3v) is 3.98. The number of fused-ring (bicyclic) bond motifs is 1. The lowest BCUT2D eigenvalue weighted by Gasteiger charge is -2.31. The van der Waals surface area contributed by atoms with Crippen LogP contribution in [0.2, 0.25) is 0 Å². The molecule has 2 aliphatic rings. The first-order valence-corrected chi connectivity index (χ1v) is 6.18. The van der Waals surface area contributed by atoms with Crippen LogP contribution < -0.4 is 5.32 Å². The molecule has 1 atom stereocenters. The first-order valence-electron chi connectivity index (χ1n) is 5.30. The number of nitrogens with one attached hydrogen (secondary N) is 1. The monoisotopic (exact) mass is 223 g/mol. The molecular formula is C10H13N3OS. The molecule has 1 aromatic heterocycles. The minimum atomic E-state index is 0.182. The fourth-order valence-corrected chi connectivity index (χ4v) is 3.07. The van der Waals surface area contributed by atoms with E-state index < -0.39 is 0 Å². The van der Waals surface area contributed by atoms with Gasteiger partial charge in [-0.2, -0.15) is 0 Å². The van der Waals surface area contributed by atoms with Gasteiger partial charge in [0.05, 0.1) is 17.7 Å². The van der Waals surface area contributed by atoms with E-state index in [1.807, 2.05) is 4.90 Å². The van der Waals surface area contributed by atoms with E-state index in [4.69, 9.17) is 0 Å². The summed E-state index contributed by atoms with van der Waals surface area (Å²) in [5.41, 5.74) is 2.73. The second-order valence-electron chi connectivity index (χ2n) is 4.06. The van der Waals surface area contributed by atoms with Crippen LogP contribution in [0.5, 0.6) is 0 Å². The van der Waals surface area contributed by atoms with Gasteiger partial charge in [0.1, 0.15) is 4.88 Å². The number of thiazole rings is 1. The largest absolute Gasteiger partial charge is 0.328 e. The van der Waals surface area contributed by atoms with Crippen molar-refractivity contribution in [1.29, 1.82) is 0 Å². The van der Waals surface area contributed by atoms with Gasteiger partial charge in [0, 0.05) is 12.6 Å². The molecule has 0 saturated carbocycles. The Kier molecular flexibility index (Phi) is 2.21. The van der Waals surface area contributed by atoms with Crippen molar-refractivity contribution >= 4 is 17.2 Å². The number of nitrogens with zero attached hydrogens (tertiary/aromatic N) is 2. The topological polar surface area (TPSA) is 45.2 Å². The molecule has 3 heterocycles. The average Bonchev–Trinajstić information content (AvgIpc) is 2.83. The highest BCUT2D eigenvalue weighted by Crippen LogP contribution is 2.28. The van der Waals surface area contributed by atoms with E-state index in [1.165, 1.54) is 11.3 Å². The summed E-state index contributed by atoms with van der Waals surface area (Å²) in [6.45, 7) is 2.73. The van der Waals surface area contributed by atoms with Crippen LogP contribution in [-0.2, 0) is 6.54 Å². The molecule has 0 bridgehead atoms. The van der Waals surface area contributed by atoms with Gasteiger partial charge < -0.3 is 10.2 Å². The number of carbonyl (C=O) groups is 1. The molecule has 1 amide bonds. The summed E-state index contributed by atoms with van der Waals surface area (Å²) in [4.78, 5) is 19.1. The van der Waals surface area contributed by atoms with E-state index in [0.717, 1.165) is 36.5 Å². The molecule has 0 aliphatic carbocycles. The van der Waals surface area contributed by atoms with Gasteiger partial charge in [0.2, 0.25) is 0 Å². The van der Waals surface area contributed by atoms with Gasteiger partial charge in [-0.25, -0.2) is 4.98 Å². The Morgan fingerprint density at radius 3 is 3.27 bits per heavy atom. The van der Waals surface area contributed by atoms with E-state index in [1.54, 1.807) is 5.51 Å². The summed E-state index contributed by atoms with van der Waals surface area (Å²) >= 11 is 1.47. The van der Waals surface area contributed by atoms with Crippen LogP contribution >= 0.6 is 11.3 Å². The molecule has 15 heavy (non-hydrogen) atoms. The van der Waals surface area contributed by atoms with Crippen molar-refractivity contribution in [2.75, 3.05) is 13.1 Å². The SMILES string of the molecule is O=C1c2scnc2CN1C1CCCNC1. The number of amides is 1. The van der Waals surface area contributed by atoms with Crippen molar-refractivity contribution in [2.24, 2.45) is 0 Å². The molecule has 1 saturated heterocycles. The minimum absolute atomic E-state index is 0.182. The van der Waals surface area contributed by atoms with Crippen LogP contribution in [0.15, 0.2) is 5.51 Å². The van der Waals surface area contributed by atoms with Crippen LogP contribution in [0.3, 0.4) is 0 Å². The summed E-state index contributed by atoms with van der Waals surface area (Å²) < 4.78 is 0. The Hall–Kier alpha value is -0.940. The summed E-state index contributed by atoms with van der Waals surface area (Å²) in [6.07, 6.45) is 2.28. The fourth-order valence-electron chi connectivity index (χ4n) is 2.31. The Labute approximate surface area is 92.3 Å². The maximum Gasteiger partial charge on any atom is 0.266 e. The predicted molar refractivity (Wildman–Crippen MR) is 57.9 cm³/mol. The molecule has 1 fully saturated rings. The molecule has 0 spiro atoms. The van der Waals surface area contributed by atoms with Crippen LogP contribution in [0.25, 0.3) is 0 Å². The van der Waals surface area contributed by atoms with Crippen molar-refractivity contribution in [3.8, 4) is 0 Å². The zero-order chi connectivity index (χ0) is 10.3. The first kappa shape index (κ1) is 9.30. The molecule has 0 radical (unpaired) electrons.